The normalized spacial score (nSPS) is 14.8. The van der Waals surface area contributed by atoms with Crippen molar-refractivity contribution in [3.63, 3.8) is 0 Å². The summed E-state index contributed by atoms with van der Waals surface area (Å²) in [5.41, 5.74) is 0.977. The lowest BCUT2D eigenvalue weighted by molar-refractivity contribution is -0.0315. The summed E-state index contributed by atoms with van der Waals surface area (Å²) in [4.78, 5) is 0.0982. The van der Waals surface area contributed by atoms with E-state index >= 15 is 0 Å². The molecule has 6 heteroatoms. The number of unbranched alkanes of at least 4 members (excludes halogenated alkanes) is 6. The number of rotatable bonds is 15. The van der Waals surface area contributed by atoms with Gasteiger partial charge in [0.2, 0.25) is 0 Å². The van der Waals surface area contributed by atoms with Gasteiger partial charge in [0, 0.05) is 13.7 Å². The quantitative estimate of drug-likeness (QED) is 0.245. The molecule has 0 N–H and O–H groups in total. The molecule has 0 bridgehead atoms. The summed E-state index contributed by atoms with van der Waals surface area (Å²) < 4.78 is 48.0. The molecular weight excluding hydrogens is 352 g/mol. The monoisotopic (exact) mass is 387 g/mol. The van der Waals surface area contributed by atoms with Crippen molar-refractivity contribution in [2.75, 3.05) is 20.5 Å². The zero-order chi connectivity index (χ0) is 20.2. The topological polar surface area (TPSA) is 61.8 Å². The Morgan fingerprint density at radius 2 is 1.58 bits per heavy atom. The predicted octanol–water partition coefficient (Wildman–Crippen LogP) is 4.83. The smallest absolute Gasteiger partial charge is 0.297 e. The van der Waals surface area contributed by atoms with Crippen molar-refractivity contribution in [1.29, 1.82) is 0 Å². The van der Waals surface area contributed by atoms with Crippen molar-refractivity contribution in [2.45, 2.75) is 76.2 Å². The van der Waals surface area contributed by atoms with Gasteiger partial charge in [0.05, 0.1) is 12.3 Å². The van der Waals surface area contributed by atoms with E-state index in [0.29, 0.717) is 13.2 Å². The molecule has 0 heterocycles. The average Bonchev–Trinajstić information content (AvgIpc) is 2.59. The highest BCUT2D eigenvalue weighted by Gasteiger charge is 2.18. The minimum absolute atomic E-state index is 0.0982. The van der Waals surface area contributed by atoms with Gasteiger partial charge in [-0.2, -0.15) is 8.42 Å². The molecule has 0 aliphatic carbocycles. The SMILES string of the molecule is [2H]C(C)(CCCCCCCCCOCOC)OS(=O)(=O)c1ccc(C)cc1. The van der Waals surface area contributed by atoms with Crippen LogP contribution in [0.5, 0.6) is 0 Å². The molecule has 0 saturated heterocycles. The Bertz CT molecular complexity index is 614. The summed E-state index contributed by atoms with van der Waals surface area (Å²) in [6.45, 7) is 4.49. The van der Waals surface area contributed by atoms with E-state index in [0.717, 1.165) is 57.1 Å². The average molecular weight is 388 g/mol. The molecule has 1 aromatic rings. The van der Waals surface area contributed by atoms with Crippen molar-refractivity contribution in [1.82, 2.24) is 0 Å². The zero-order valence-corrected chi connectivity index (χ0v) is 17.1. The number of benzene rings is 1. The molecule has 0 fully saturated rings. The third-order valence-corrected chi connectivity index (χ3v) is 5.43. The maximum Gasteiger partial charge on any atom is 0.297 e. The fourth-order valence-electron chi connectivity index (χ4n) is 2.59. The van der Waals surface area contributed by atoms with E-state index in [-0.39, 0.29) is 4.90 Å². The van der Waals surface area contributed by atoms with E-state index in [1.807, 2.05) is 6.92 Å². The number of hydrogen-bond donors (Lipinski definition) is 0. The minimum atomic E-state index is -3.91. The molecule has 1 atom stereocenters. The molecule has 1 aromatic carbocycles. The maximum atomic E-state index is 12.3. The Morgan fingerprint density at radius 3 is 2.19 bits per heavy atom. The van der Waals surface area contributed by atoms with E-state index in [1.165, 1.54) is 19.1 Å². The summed E-state index contributed by atoms with van der Waals surface area (Å²) in [7, 11) is -2.29. The number of methoxy groups -OCH3 is 1. The summed E-state index contributed by atoms with van der Waals surface area (Å²) in [5, 5.41) is 0. The van der Waals surface area contributed by atoms with Gasteiger partial charge < -0.3 is 9.47 Å². The summed E-state index contributed by atoms with van der Waals surface area (Å²) in [6, 6.07) is 6.48. The first-order valence-corrected chi connectivity index (χ1v) is 10.8. The van der Waals surface area contributed by atoms with Gasteiger partial charge in [-0.3, -0.25) is 4.18 Å². The van der Waals surface area contributed by atoms with Crippen LogP contribution < -0.4 is 0 Å². The second-order valence-electron chi connectivity index (χ2n) is 6.59. The van der Waals surface area contributed by atoms with Crippen LogP contribution in [-0.4, -0.2) is 35.0 Å². The van der Waals surface area contributed by atoms with Crippen molar-refractivity contribution < 1.29 is 23.4 Å². The maximum absolute atomic E-state index is 12.3. The highest BCUT2D eigenvalue weighted by Crippen LogP contribution is 2.18. The second kappa shape index (κ2) is 13.3. The Balaban J connectivity index is 2.19. The van der Waals surface area contributed by atoms with E-state index in [2.05, 4.69) is 0 Å². The van der Waals surface area contributed by atoms with Crippen LogP contribution >= 0.6 is 0 Å². The molecular formula is C20H34O5S. The van der Waals surface area contributed by atoms with Crippen LogP contribution in [0.25, 0.3) is 0 Å². The van der Waals surface area contributed by atoms with E-state index in [1.54, 1.807) is 19.2 Å². The molecule has 26 heavy (non-hydrogen) atoms. The van der Waals surface area contributed by atoms with E-state index in [9.17, 15) is 8.42 Å². The van der Waals surface area contributed by atoms with E-state index in [4.69, 9.17) is 15.0 Å². The van der Waals surface area contributed by atoms with Crippen LogP contribution in [0.15, 0.2) is 29.2 Å². The highest BCUT2D eigenvalue weighted by atomic mass is 32.2. The number of hydrogen-bond acceptors (Lipinski definition) is 5. The molecule has 0 saturated carbocycles. The molecule has 0 spiro atoms. The summed E-state index contributed by atoms with van der Waals surface area (Å²) >= 11 is 0. The van der Waals surface area contributed by atoms with Gasteiger partial charge >= 0.3 is 0 Å². The Kier molecular flexibility index (Phi) is 10.9. The van der Waals surface area contributed by atoms with Gasteiger partial charge in [0.25, 0.3) is 10.1 Å². The van der Waals surface area contributed by atoms with Crippen LogP contribution in [0.2, 0.25) is 0 Å². The molecule has 0 aliphatic heterocycles. The molecule has 0 radical (unpaired) electrons. The Morgan fingerprint density at radius 1 is 1.00 bits per heavy atom. The third-order valence-electron chi connectivity index (χ3n) is 4.08. The predicted molar refractivity (Wildman–Crippen MR) is 104 cm³/mol. The molecule has 0 aliphatic rings. The zero-order valence-electron chi connectivity index (χ0n) is 17.3. The van der Waals surface area contributed by atoms with Crippen LogP contribution in [0.3, 0.4) is 0 Å². The minimum Gasteiger partial charge on any atom is -0.359 e. The molecule has 1 unspecified atom stereocenters. The van der Waals surface area contributed by atoms with Gasteiger partial charge in [0.1, 0.15) is 6.79 Å². The van der Waals surface area contributed by atoms with Crippen molar-refractivity contribution in [3.05, 3.63) is 29.8 Å². The van der Waals surface area contributed by atoms with Gasteiger partial charge in [-0.15, -0.1) is 0 Å². The molecule has 0 amide bonds. The van der Waals surface area contributed by atoms with Crippen LogP contribution in [0, 0.1) is 6.92 Å². The van der Waals surface area contributed by atoms with Crippen molar-refractivity contribution >= 4 is 10.1 Å². The molecule has 1 rings (SSSR count). The summed E-state index contributed by atoms with van der Waals surface area (Å²) in [5.74, 6) is 0. The number of aryl methyl sites for hydroxylation is 1. The van der Waals surface area contributed by atoms with Gasteiger partial charge in [0.15, 0.2) is 0 Å². The molecule has 150 valence electrons. The third kappa shape index (κ3) is 10.3. The van der Waals surface area contributed by atoms with Gasteiger partial charge in [-0.05, 0) is 38.8 Å². The fraction of sp³-hybridized carbons (Fsp3) is 0.700. The van der Waals surface area contributed by atoms with Crippen molar-refractivity contribution in [3.8, 4) is 0 Å². The molecule has 5 nitrogen and oxygen atoms in total. The van der Waals surface area contributed by atoms with Crippen LogP contribution in [-0.2, 0) is 23.8 Å². The number of ether oxygens (including phenoxy) is 2. The Labute approximate surface area is 160 Å². The first-order valence-electron chi connectivity index (χ1n) is 9.86. The highest BCUT2D eigenvalue weighted by molar-refractivity contribution is 7.86. The lowest BCUT2D eigenvalue weighted by Gasteiger charge is -2.13. The Hall–Kier alpha value is -0.950. The van der Waals surface area contributed by atoms with Crippen molar-refractivity contribution in [2.24, 2.45) is 0 Å². The van der Waals surface area contributed by atoms with Gasteiger partial charge in [-0.25, -0.2) is 0 Å². The molecule has 0 aromatic heterocycles. The lowest BCUT2D eigenvalue weighted by atomic mass is 10.1. The first kappa shape index (κ1) is 21.4. The first-order chi connectivity index (χ1) is 12.8. The fourth-order valence-corrected chi connectivity index (χ4v) is 3.61. The lowest BCUT2D eigenvalue weighted by Crippen LogP contribution is -2.15. The standard InChI is InChI=1S/C20H34O5S/c1-18-12-14-20(15-13-18)26(21,22)25-19(2)11-9-7-5-4-6-8-10-16-24-17-23-3/h12-15,19H,4-11,16-17H2,1-3H3/i19D. The summed E-state index contributed by atoms with van der Waals surface area (Å²) in [6.07, 6.45) is 6.26. The second-order valence-corrected chi connectivity index (χ2v) is 8.14. The van der Waals surface area contributed by atoms with E-state index < -0.39 is 16.2 Å². The van der Waals surface area contributed by atoms with Crippen LogP contribution in [0.4, 0.5) is 0 Å². The van der Waals surface area contributed by atoms with Gasteiger partial charge in [-0.1, -0.05) is 56.2 Å². The largest absolute Gasteiger partial charge is 0.359 e. The van der Waals surface area contributed by atoms with Crippen LogP contribution in [0.1, 0.15) is 65.2 Å².